The minimum absolute atomic E-state index is 0.000129. The van der Waals surface area contributed by atoms with Gasteiger partial charge in [0, 0.05) is 15.4 Å². The van der Waals surface area contributed by atoms with Crippen LogP contribution in [0.1, 0.15) is 36.7 Å². The molecule has 0 saturated heterocycles. The number of thiazole rings is 2. The van der Waals surface area contributed by atoms with Gasteiger partial charge in [0.1, 0.15) is 17.3 Å². The van der Waals surface area contributed by atoms with Crippen molar-refractivity contribution in [3.05, 3.63) is 59.0 Å². The van der Waals surface area contributed by atoms with Crippen LogP contribution < -0.4 is 10.6 Å². The largest absolute Gasteiger partial charge is 0.379 e. The van der Waals surface area contributed by atoms with Crippen molar-refractivity contribution in [2.75, 3.05) is 10.6 Å². The summed E-state index contributed by atoms with van der Waals surface area (Å²) in [6.07, 6.45) is 0. The maximum absolute atomic E-state index is 11.6. The van der Waals surface area contributed by atoms with E-state index in [1.165, 1.54) is 6.07 Å². The summed E-state index contributed by atoms with van der Waals surface area (Å²) < 4.78 is 0. The van der Waals surface area contributed by atoms with Crippen LogP contribution in [0.3, 0.4) is 0 Å². The molecule has 0 unspecified atom stereocenters. The molecular formula is C19H20N6O2S2. The molecule has 0 aliphatic rings. The number of hydrogen-bond acceptors (Lipinski definition) is 9. The predicted octanol–water partition coefficient (Wildman–Crippen LogP) is 4.84. The number of nitriles is 1. The van der Waals surface area contributed by atoms with Gasteiger partial charge in [-0.3, -0.25) is 10.1 Å². The maximum Gasteiger partial charge on any atom is 0.310 e. The monoisotopic (exact) mass is 428 g/mol. The highest BCUT2D eigenvalue weighted by Gasteiger charge is 2.22. The van der Waals surface area contributed by atoms with Crippen LogP contribution in [0.15, 0.2) is 12.1 Å². The lowest BCUT2D eigenvalue weighted by Crippen LogP contribution is -2.08. The summed E-state index contributed by atoms with van der Waals surface area (Å²) in [5.41, 5.74) is 2.43. The van der Waals surface area contributed by atoms with Crippen LogP contribution in [0.4, 0.5) is 17.1 Å². The first-order chi connectivity index (χ1) is 13.8. The smallest absolute Gasteiger partial charge is 0.310 e. The van der Waals surface area contributed by atoms with Gasteiger partial charge in [-0.15, -0.1) is 22.7 Å². The Balaban J connectivity index is 1.89. The lowest BCUT2D eigenvalue weighted by atomic mass is 10.1. The van der Waals surface area contributed by atoms with Crippen molar-refractivity contribution in [2.45, 2.75) is 40.8 Å². The van der Waals surface area contributed by atoms with Crippen molar-refractivity contribution in [3.63, 3.8) is 0 Å². The molecule has 0 aliphatic carbocycles. The molecule has 0 radical (unpaired) electrons. The zero-order valence-corrected chi connectivity index (χ0v) is 18.1. The number of nitro groups is 1. The molecule has 1 aromatic carbocycles. The molecule has 0 fully saturated rings. The van der Waals surface area contributed by atoms with Crippen LogP contribution in [0.25, 0.3) is 0 Å². The Morgan fingerprint density at radius 1 is 1.03 bits per heavy atom. The van der Waals surface area contributed by atoms with Gasteiger partial charge < -0.3 is 10.6 Å². The van der Waals surface area contributed by atoms with E-state index in [-0.39, 0.29) is 16.9 Å². The summed E-state index contributed by atoms with van der Waals surface area (Å²) >= 11 is 3.20. The van der Waals surface area contributed by atoms with Crippen molar-refractivity contribution < 1.29 is 4.92 Å². The summed E-state index contributed by atoms with van der Waals surface area (Å²) in [6.45, 7) is 8.66. The van der Waals surface area contributed by atoms with E-state index in [0.29, 0.717) is 18.8 Å². The van der Waals surface area contributed by atoms with Crippen molar-refractivity contribution in [2.24, 2.45) is 0 Å². The molecule has 0 atom stereocenters. The van der Waals surface area contributed by atoms with Crippen LogP contribution in [0, 0.1) is 49.1 Å². The highest BCUT2D eigenvalue weighted by atomic mass is 32.1. The third-order valence-corrected chi connectivity index (χ3v) is 6.18. The average molecular weight is 429 g/mol. The standard InChI is InChI=1S/C19H20N6O2S2/c1-10-17(23-12(3)28-10)8-21-15-5-14(7-20)19(25(26)27)16(6-15)22-9-18-11(2)29-13(4)24-18/h5-6,21-22H,8-9H2,1-4H3. The molecule has 0 amide bonds. The minimum Gasteiger partial charge on any atom is -0.379 e. The summed E-state index contributed by atoms with van der Waals surface area (Å²) in [4.78, 5) is 22.2. The van der Waals surface area contributed by atoms with Gasteiger partial charge in [-0.25, -0.2) is 9.97 Å². The molecule has 10 heteroatoms. The number of aryl methyl sites for hydroxylation is 4. The van der Waals surface area contributed by atoms with Gasteiger partial charge >= 0.3 is 5.69 Å². The molecule has 2 aromatic heterocycles. The number of anilines is 2. The van der Waals surface area contributed by atoms with Crippen LogP contribution in [-0.2, 0) is 13.1 Å². The fourth-order valence-corrected chi connectivity index (χ4v) is 4.66. The minimum atomic E-state index is -0.530. The lowest BCUT2D eigenvalue weighted by molar-refractivity contribution is -0.384. The van der Waals surface area contributed by atoms with E-state index in [9.17, 15) is 15.4 Å². The summed E-state index contributed by atoms with van der Waals surface area (Å²) in [5.74, 6) is 0. The van der Waals surface area contributed by atoms with Crippen LogP contribution in [0.2, 0.25) is 0 Å². The molecule has 3 aromatic rings. The average Bonchev–Trinajstić information content (AvgIpc) is 3.16. The SMILES string of the molecule is Cc1nc(CNc2cc(C#N)c([N+](=O)[O-])c(NCc3nc(C)sc3C)c2)c(C)s1. The Hall–Kier alpha value is -3.03. The fourth-order valence-electron chi connectivity index (χ4n) is 2.99. The molecule has 2 heterocycles. The topological polar surface area (TPSA) is 117 Å². The quantitative estimate of drug-likeness (QED) is 0.408. The zero-order valence-electron chi connectivity index (χ0n) is 16.5. The summed E-state index contributed by atoms with van der Waals surface area (Å²) in [5, 5.41) is 29.3. The molecule has 0 aliphatic heterocycles. The van der Waals surface area contributed by atoms with E-state index in [2.05, 4.69) is 20.6 Å². The van der Waals surface area contributed by atoms with Crippen molar-refractivity contribution in [3.8, 4) is 6.07 Å². The van der Waals surface area contributed by atoms with E-state index < -0.39 is 4.92 Å². The van der Waals surface area contributed by atoms with Crippen molar-refractivity contribution in [1.29, 1.82) is 5.26 Å². The predicted molar refractivity (Wildman–Crippen MR) is 116 cm³/mol. The van der Waals surface area contributed by atoms with Gasteiger partial charge in [-0.05, 0) is 39.8 Å². The van der Waals surface area contributed by atoms with Crippen molar-refractivity contribution >= 4 is 39.7 Å². The molecule has 150 valence electrons. The maximum atomic E-state index is 11.6. The Morgan fingerprint density at radius 2 is 1.59 bits per heavy atom. The van der Waals surface area contributed by atoms with E-state index in [4.69, 9.17) is 0 Å². The highest BCUT2D eigenvalue weighted by Crippen LogP contribution is 2.33. The Kier molecular flexibility index (Phi) is 6.10. The van der Waals surface area contributed by atoms with E-state index in [1.807, 2.05) is 33.8 Å². The number of aromatic nitrogens is 2. The number of nitrogens with one attached hydrogen (secondary N) is 2. The van der Waals surface area contributed by atoms with E-state index >= 15 is 0 Å². The molecule has 8 nitrogen and oxygen atoms in total. The molecule has 29 heavy (non-hydrogen) atoms. The van der Waals surface area contributed by atoms with E-state index in [0.717, 1.165) is 31.2 Å². The van der Waals surface area contributed by atoms with Crippen LogP contribution >= 0.6 is 22.7 Å². The summed E-state index contributed by atoms with van der Waals surface area (Å²) in [6, 6.07) is 5.09. The number of hydrogen-bond donors (Lipinski definition) is 2. The molecular weight excluding hydrogens is 408 g/mol. The van der Waals surface area contributed by atoms with Crippen LogP contribution in [0.5, 0.6) is 0 Å². The first-order valence-corrected chi connectivity index (χ1v) is 10.5. The molecule has 3 rings (SSSR count). The van der Waals surface area contributed by atoms with Gasteiger partial charge in [-0.2, -0.15) is 5.26 Å². The number of benzene rings is 1. The number of rotatable bonds is 7. The van der Waals surface area contributed by atoms with E-state index in [1.54, 1.807) is 28.7 Å². The number of nitro benzene ring substituents is 1. The second kappa shape index (κ2) is 8.55. The fraction of sp³-hybridized carbons (Fsp3) is 0.316. The molecule has 0 saturated carbocycles. The third kappa shape index (κ3) is 4.70. The molecule has 2 N–H and O–H groups in total. The highest BCUT2D eigenvalue weighted by molar-refractivity contribution is 7.11. The third-order valence-electron chi connectivity index (χ3n) is 4.32. The van der Waals surface area contributed by atoms with Gasteiger partial charge in [0.2, 0.25) is 0 Å². The van der Waals surface area contributed by atoms with Gasteiger partial charge in [0.25, 0.3) is 0 Å². The zero-order chi connectivity index (χ0) is 21.1. The molecule has 0 spiro atoms. The number of nitrogens with zero attached hydrogens (tertiary/aromatic N) is 4. The summed E-state index contributed by atoms with van der Waals surface area (Å²) in [7, 11) is 0. The first-order valence-electron chi connectivity index (χ1n) is 8.84. The Morgan fingerprint density at radius 3 is 2.03 bits per heavy atom. The Bertz CT molecular complexity index is 1110. The van der Waals surface area contributed by atoms with Gasteiger partial charge in [0.15, 0.2) is 0 Å². The van der Waals surface area contributed by atoms with Gasteiger partial charge in [-0.1, -0.05) is 0 Å². The normalized spacial score (nSPS) is 10.6. The van der Waals surface area contributed by atoms with Crippen LogP contribution in [-0.4, -0.2) is 14.9 Å². The second-order valence-corrected chi connectivity index (χ2v) is 9.28. The first kappa shape index (κ1) is 20.7. The van der Waals surface area contributed by atoms with Gasteiger partial charge in [0.05, 0.1) is 39.4 Å². The Labute approximate surface area is 176 Å². The lowest BCUT2D eigenvalue weighted by Gasteiger charge is -2.12. The molecule has 0 bridgehead atoms. The second-order valence-electron chi connectivity index (χ2n) is 6.47. The van der Waals surface area contributed by atoms with Crippen molar-refractivity contribution in [1.82, 2.24) is 9.97 Å².